The summed E-state index contributed by atoms with van der Waals surface area (Å²) in [5, 5.41) is 3.34. The summed E-state index contributed by atoms with van der Waals surface area (Å²) in [5.41, 5.74) is 1.07. The maximum absolute atomic E-state index is 11.4. The summed E-state index contributed by atoms with van der Waals surface area (Å²) < 4.78 is 10.7. The molecule has 1 fully saturated rings. The zero-order valence-electron chi connectivity index (χ0n) is 10.8. The number of hydrogen-bond acceptors (Lipinski definition) is 4. The van der Waals surface area contributed by atoms with Crippen molar-refractivity contribution in [1.82, 2.24) is 5.32 Å². The van der Waals surface area contributed by atoms with Crippen LogP contribution < -0.4 is 10.1 Å². The van der Waals surface area contributed by atoms with Gasteiger partial charge in [-0.2, -0.15) is 0 Å². The van der Waals surface area contributed by atoms with Crippen molar-refractivity contribution in [3.63, 3.8) is 0 Å². The Bertz CT molecular complexity index is 419. The van der Waals surface area contributed by atoms with E-state index >= 15 is 0 Å². The minimum absolute atomic E-state index is 0.198. The van der Waals surface area contributed by atoms with Crippen molar-refractivity contribution in [3.8, 4) is 5.75 Å². The molecule has 1 N–H and O–H groups in total. The number of benzene rings is 1. The predicted molar refractivity (Wildman–Crippen MR) is 68.5 cm³/mol. The molecule has 2 atom stereocenters. The molecular weight excluding hydrogens is 230 g/mol. The number of rotatable bonds is 5. The van der Waals surface area contributed by atoms with Gasteiger partial charge in [0.2, 0.25) is 0 Å². The van der Waals surface area contributed by atoms with Gasteiger partial charge in [-0.25, -0.2) is 4.79 Å². The number of cyclic esters (lactones) is 1. The Morgan fingerprint density at radius 3 is 2.94 bits per heavy atom. The number of hydrogen-bond donors (Lipinski definition) is 1. The highest BCUT2D eigenvalue weighted by Gasteiger charge is 2.29. The second-order valence-corrected chi connectivity index (χ2v) is 4.38. The van der Waals surface area contributed by atoms with Crippen molar-refractivity contribution >= 4 is 5.97 Å². The topological polar surface area (TPSA) is 47.6 Å². The first-order valence-corrected chi connectivity index (χ1v) is 6.38. The van der Waals surface area contributed by atoms with Crippen molar-refractivity contribution in [2.24, 2.45) is 0 Å². The molecule has 2 rings (SSSR count). The van der Waals surface area contributed by atoms with Gasteiger partial charge < -0.3 is 14.8 Å². The van der Waals surface area contributed by atoms with Crippen LogP contribution >= 0.6 is 0 Å². The van der Waals surface area contributed by atoms with Crippen LogP contribution in [-0.4, -0.2) is 25.2 Å². The number of nitrogens with one attached hydrogen (secondary N) is 1. The van der Waals surface area contributed by atoms with Crippen LogP contribution in [0.5, 0.6) is 5.75 Å². The molecular formula is C14H19NO3. The lowest BCUT2D eigenvalue weighted by atomic mass is 10.1. The molecule has 0 radical (unpaired) electrons. The molecule has 1 saturated heterocycles. The highest BCUT2D eigenvalue weighted by Crippen LogP contribution is 2.27. The van der Waals surface area contributed by atoms with Crippen LogP contribution in [0, 0.1) is 0 Å². The fourth-order valence-electron chi connectivity index (χ4n) is 2.10. The molecule has 0 aliphatic carbocycles. The zero-order valence-corrected chi connectivity index (χ0v) is 10.8. The van der Waals surface area contributed by atoms with Crippen LogP contribution in [0.15, 0.2) is 24.3 Å². The van der Waals surface area contributed by atoms with Crippen LogP contribution in [0.25, 0.3) is 0 Å². The van der Waals surface area contributed by atoms with E-state index in [2.05, 4.69) is 19.2 Å². The average Bonchev–Trinajstić information content (AvgIpc) is 2.76. The Kier molecular flexibility index (Phi) is 4.20. The van der Waals surface area contributed by atoms with Crippen LogP contribution in [0.2, 0.25) is 0 Å². The van der Waals surface area contributed by atoms with Gasteiger partial charge in [0, 0.05) is 18.0 Å². The maximum Gasteiger partial charge on any atom is 0.347 e. The molecule has 1 aromatic carbocycles. The highest BCUT2D eigenvalue weighted by molar-refractivity contribution is 5.76. The van der Waals surface area contributed by atoms with Crippen LogP contribution in [0.4, 0.5) is 0 Å². The van der Waals surface area contributed by atoms with Gasteiger partial charge in [-0.05, 0) is 19.5 Å². The van der Waals surface area contributed by atoms with Gasteiger partial charge in [0.25, 0.3) is 0 Å². The van der Waals surface area contributed by atoms with Crippen LogP contribution in [-0.2, 0) is 9.53 Å². The minimum Gasteiger partial charge on any atom is -0.478 e. The summed E-state index contributed by atoms with van der Waals surface area (Å²) in [6.45, 7) is 5.49. The van der Waals surface area contributed by atoms with E-state index in [0.717, 1.165) is 17.9 Å². The van der Waals surface area contributed by atoms with Crippen LogP contribution in [0.3, 0.4) is 0 Å². The van der Waals surface area contributed by atoms with Crippen molar-refractivity contribution in [3.05, 3.63) is 29.8 Å². The van der Waals surface area contributed by atoms with E-state index < -0.39 is 6.10 Å². The molecule has 1 heterocycles. The monoisotopic (exact) mass is 249 g/mol. The quantitative estimate of drug-likeness (QED) is 0.811. The number of carbonyl (C=O) groups excluding carboxylic acids is 1. The highest BCUT2D eigenvalue weighted by atomic mass is 16.6. The molecule has 0 aromatic heterocycles. The lowest BCUT2D eigenvalue weighted by Crippen LogP contribution is -2.24. The van der Waals surface area contributed by atoms with E-state index in [9.17, 15) is 4.79 Å². The summed E-state index contributed by atoms with van der Waals surface area (Å²) in [7, 11) is 0. The smallest absolute Gasteiger partial charge is 0.347 e. The van der Waals surface area contributed by atoms with Gasteiger partial charge in [-0.3, -0.25) is 0 Å². The summed E-state index contributed by atoms with van der Waals surface area (Å²) in [6.07, 6.45) is 0.169. The Hall–Kier alpha value is -1.55. The van der Waals surface area contributed by atoms with Gasteiger partial charge in [-0.1, -0.05) is 25.1 Å². The van der Waals surface area contributed by atoms with E-state index in [1.165, 1.54) is 0 Å². The molecule has 1 aliphatic rings. The lowest BCUT2D eigenvalue weighted by Gasteiger charge is -2.19. The Balaban J connectivity index is 2.14. The second kappa shape index (κ2) is 5.87. The summed E-state index contributed by atoms with van der Waals surface area (Å²) in [4.78, 5) is 11.4. The third-order valence-corrected chi connectivity index (χ3v) is 3.05. The van der Waals surface area contributed by atoms with Gasteiger partial charge in [-0.15, -0.1) is 0 Å². The molecule has 1 aliphatic heterocycles. The first kappa shape index (κ1) is 12.9. The molecule has 0 saturated carbocycles. The number of esters is 1. The second-order valence-electron chi connectivity index (χ2n) is 4.38. The number of ether oxygens (including phenoxy) is 2. The van der Waals surface area contributed by atoms with Gasteiger partial charge in [0.05, 0.1) is 6.61 Å². The van der Waals surface area contributed by atoms with E-state index in [1.54, 1.807) is 0 Å². The summed E-state index contributed by atoms with van der Waals surface area (Å²) >= 11 is 0. The van der Waals surface area contributed by atoms with E-state index in [1.807, 2.05) is 24.3 Å². The zero-order chi connectivity index (χ0) is 13.0. The molecule has 98 valence electrons. The minimum atomic E-state index is -0.458. The number of para-hydroxylation sites is 1. The van der Waals surface area contributed by atoms with E-state index in [-0.39, 0.29) is 12.0 Å². The van der Waals surface area contributed by atoms with Crippen molar-refractivity contribution in [2.75, 3.05) is 13.2 Å². The standard InChI is InChI=1S/C14H19NO3/c1-3-15-10(2)11-6-4-5-7-12(11)18-13-8-9-17-14(13)16/h4-7,10,13,15H,3,8-9H2,1-2H3. The number of carbonyl (C=O) groups is 1. The van der Waals surface area contributed by atoms with Crippen molar-refractivity contribution in [1.29, 1.82) is 0 Å². The fraction of sp³-hybridized carbons (Fsp3) is 0.500. The molecule has 1 aromatic rings. The fourth-order valence-corrected chi connectivity index (χ4v) is 2.10. The molecule has 4 nitrogen and oxygen atoms in total. The third kappa shape index (κ3) is 2.82. The lowest BCUT2D eigenvalue weighted by molar-refractivity contribution is -0.143. The van der Waals surface area contributed by atoms with Crippen molar-refractivity contribution in [2.45, 2.75) is 32.4 Å². The first-order valence-electron chi connectivity index (χ1n) is 6.38. The molecule has 2 unspecified atom stereocenters. The van der Waals surface area contributed by atoms with Gasteiger partial charge >= 0.3 is 5.97 Å². The SMILES string of the molecule is CCNC(C)c1ccccc1OC1CCOC1=O. The van der Waals surface area contributed by atoms with E-state index in [4.69, 9.17) is 9.47 Å². The van der Waals surface area contributed by atoms with Gasteiger partial charge in [0.1, 0.15) is 5.75 Å². The Morgan fingerprint density at radius 1 is 1.50 bits per heavy atom. The summed E-state index contributed by atoms with van der Waals surface area (Å²) in [6, 6.07) is 8.00. The molecule has 0 spiro atoms. The largest absolute Gasteiger partial charge is 0.478 e. The third-order valence-electron chi connectivity index (χ3n) is 3.05. The first-order chi connectivity index (χ1) is 8.72. The Morgan fingerprint density at radius 2 is 2.28 bits per heavy atom. The van der Waals surface area contributed by atoms with Crippen molar-refractivity contribution < 1.29 is 14.3 Å². The normalized spacial score (nSPS) is 20.6. The summed E-state index contributed by atoms with van der Waals surface area (Å²) in [5.74, 6) is 0.496. The average molecular weight is 249 g/mol. The molecule has 0 amide bonds. The molecule has 18 heavy (non-hydrogen) atoms. The molecule has 0 bridgehead atoms. The molecule has 4 heteroatoms. The van der Waals surface area contributed by atoms with E-state index in [0.29, 0.717) is 13.0 Å². The van der Waals surface area contributed by atoms with Crippen LogP contribution in [0.1, 0.15) is 31.9 Å². The van der Waals surface area contributed by atoms with Gasteiger partial charge in [0.15, 0.2) is 6.10 Å². The maximum atomic E-state index is 11.4. The predicted octanol–water partition coefficient (Wildman–Crippen LogP) is 2.05. The Labute approximate surface area is 107 Å².